The van der Waals surface area contributed by atoms with Crippen LogP contribution in [0.1, 0.15) is 65.9 Å². The Kier molecular flexibility index (Phi) is 4.69. The van der Waals surface area contributed by atoms with Crippen molar-refractivity contribution in [2.45, 2.75) is 46.0 Å². The van der Waals surface area contributed by atoms with Crippen LogP contribution in [0.15, 0.2) is 18.2 Å². The second-order valence-electron chi connectivity index (χ2n) is 9.23. The Morgan fingerprint density at radius 2 is 1.78 bits per heavy atom. The first-order valence-electron chi connectivity index (χ1n) is 11.0. The van der Waals surface area contributed by atoms with Gasteiger partial charge in [-0.1, -0.05) is 26.0 Å². The average Bonchev–Trinajstić information content (AvgIpc) is 3.68. The van der Waals surface area contributed by atoms with Gasteiger partial charge in [0, 0.05) is 35.3 Å². The molecule has 3 aliphatic carbocycles. The standard InChI is InChI=1S/C24H24N4O4/c1-11(2)22(25)28(23(32)14-6-7-14)24-26-18-15-8-3-12(10-17(29)13-4-5-13)9-16(15)20(30)21(31)19(18)27-24/h3,8-9,11,13-14,25H,4-7,10H2,1-2H3,(H,26,27). The number of anilines is 1. The molecule has 1 aromatic heterocycles. The van der Waals surface area contributed by atoms with Gasteiger partial charge in [-0.3, -0.25) is 24.6 Å². The van der Waals surface area contributed by atoms with Crippen LogP contribution in [0, 0.1) is 23.2 Å². The van der Waals surface area contributed by atoms with E-state index in [1.54, 1.807) is 18.2 Å². The summed E-state index contributed by atoms with van der Waals surface area (Å²) in [6.45, 7) is 3.62. The van der Waals surface area contributed by atoms with Gasteiger partial charge in [0.2, 0.25) is 17.6 Å². The van der Waals surface area contributed by atoms with Crippen LogP contribution < -0.4 is 4.90 Å². The van der Waals surface area contributed by atoms with Crippen LogP contribution in [0.25, 0.3) is 11.3 Å². The number of rotatable bonds is 6. The highest BCUT2D eigenvalue weighted by atomic mass is 16.2. The number of imidazole rings is 1. The van der Waals surface area contributed by atoms with Gasteiger partial charge in [0.25, 0.3) is 5.78 Å². The fourth-order valence-corrected chi connectivity index (χ4v) is 4.02. The lowest BCUT2D eigenvalue weighted by molar-refractivity contribution is -0.120. The lowest BCUT2D eigenvalue weighted by Gasteiger charge is -2.22. The molecule has 3 aliphatic rings. The van der Waals surface area contributed by atoms with E-state index in [1.807, 2.05) is 13.8 Å². The molecule has 2 N–H and O–H groups in total. The number of amidine groups is 1. The van der Waals surface area contributed by atoms with Crippen molar-refractivity contribution in [3.05, 3.63) is 35.0 Å². The van der Waals surface area contributed by atoms with Crippen LogP contribution in [0.2, 0.25) is 0 Å². The molecule has 0 aliphatic heterocycles. The summed E-state index contributed by atoms with van der Waals surface area (Å²) in [6, 6.07) is 5.10. The van der Waals surface area contributed by atoms with Crippen LogP contribution in [0.5, 0.6) is 0 Å². The van der Waals surface area contributed by atoms with Crippen molar-refractivity contribution in [1.29, 1.82) is 5.41 Å². The van der Waals surface area contributed by atoms with Crippen LogP contribution >= 0.6 is 0 Å². The number of nitrogens with zero attached hydrogens (tertiary/aromatic N) is 2. The molecule has 8 heteroatoms. The molecular formula is C24H24N4O4. The minimum atomic E-state index is -0.730. The normalized spacial score (nSPS) is 17.2. The maximum absolute atomic E-state index is 12.9. The van der Waals surface area contributed by atoms with E-state index < -0.39 is 11.6 Å². The van der Waals surface area contributed by atoms with E-state index in [0.29, 0.717) is 16.8 Å². The zero-order valence-electron chi connectivity index (χ0n) is 18.0. The number of carbonyl (C=O) groups excluding carboxylic acids is 4. The van der Waals surface area contributed by atoms with Crippen molar-refractivity contribution >= 4 is 35.0 Å². The zero-order chi connectivity index (χ0) is 22.7. The Bertz CT molecular complexity index is 1190. The van der Waals surface area contributed by atoms with Gasteiger partial charge >= 0.3 is 0 Å². The molecule has 1 amide bonds. The lowest BCUT2D eigenvalue weighted by atomic mass is 9.88. The lowest BCUT2D eigenvalue weighted by Crippen LogP contribution is -2.41. The third-order valence-corrected chi connectivity index (χ3v) is 6.27. The molecule has 8 nitrogen and oxygen atoms in total. The first kappa shape index (κ1) is 20.5. The Morgan fingerprint density at radius 3 is 2.41 bits per heavy atom. The SMILES string of the molecule is CC(C)C(=N)N(C(=O)C1CC1)c1nc2c([nH]1)C(=O)C(=O)c1cc(CC(=O)C3CC3)ccc1-2. The summed E-state index contributed by atoms with van der Waals surface area (Å²) < 4.78 is 0. The number of aromatic amines is 1. The Labute approximate surface area is 184 Å². The fourth-order valence-electron chi connectivity index (χ4n) is 4.02. The average molecular weight is 432 g/mol. The largest absolute Gasteiger partial charge is 0.320 e. The number of hydrogen-bond donors (Lipinski definition) is 2. The summed E-state index contributed by atoms with van der Waals surface area (Å²) in [5, 5.41) is 8.43. The van der Waals surface area contributed by atoms with Gasteiger partial charge in [0.05, 0.1) is 0 Å². The Morgan fingerprint density at radius 1 is 1.09 bits per heavy atom. The van der Waals surface area contributed by atoms with E-state index in [2.05, 4.69) is 9.97 Å². The molecule has 32 heavy (non-hydrogen) atoms. The molecule has 2 fully saturated rings. The first-order valence-corrected chi connectivity index (χ1v) is 11.0. The molecule has 5 rings (SSSR count). The molecule has 0 radical (unpaired) electrons. The topological polar surface area (TPSA) is 124 Å². The van der Waals surface area contributed by atoms with Crippen LogP contribution in [0.3, 0.4) is 0 Å². The van der Waals surface area contributed by atoms with E-state index >= 15 is 0 Å². The van der Waals surface area contributed by atoms with Gasteiger partial charge in [0.15, 0.2) is 0 Å². The number of Topliss-reactive ketones (excluding diaryl/α,β-unsaturated/α-hetero) is 3. The van der Waals surface area contributed by atoms with Gasteiger partial charge in [-0.25, -0.2) is 9.88 Å². The molecule has 1 heterocycles. The molecule has 0 atom stereocenters. The highest BCUT2D eigenvalue weighted by Gasteiger charge is 2.40. The van der Waals surface area contributed by atoms with E-state index in [1.165, 1.54) is 4.90 Å². The molecule has 0 spiro atoms. The van der Waals surface area contributed by atoms with Crippen molar-refractivity contribution in [2.24, 2.45) is 17.8 Å². The molecular weight excluding hydrogens is 408 g/mol. The smallest absolute Gasteiger partial charge is 0.252 e. The number of hydrogen-bond acceptors (Lipinski definition) is 6. The van der Waals surface area contributed by atoms with Gasteiger partial charge in [-0.2, -0.15) is 0 Å². The number of fused-ring (bicyclic) bond motifs is 3. The molecule has 2 saturated carbocycles. The second-order valence-corrected chi connectivity index (χ2v) is 9.23. The van der Waals surface area contributed by atoms with Crippen LogP contribution in [-0.4, -0.2) is 39.1 Å². The third kappa shape index (κ3) is 3.39. The quantitative estimate of drug-likeness (QED) is 0.411. The number of aromatic nitrogens is 2. The highest BCUT2D eigenvalue weighted by Crippen LogP contribution is 2.37. The Hall–Kier alpha value is -3.42. The van der Waals surface area contributed by atoms with E-state index in [0.717, 1.165) is 25.7 Å². The molecule has 2 aromatic rings. The summed E-state index contributed by atoms with van der Waals surface area (Å²) in [7, 11) is 0. The predicted octanol–water partition coefficient (Wildman–Crippen LogP) is 3.35. The summed E-state index contributed by atoms with van der Waals surface area (Å²) in [5.74, 6) is -1.53. The molecule has 164 valence electrons. The van der Waals surface area contributed by atoms with Crippen molar-refractivity contribution in [1.82, 2.24) is 9.97 Å². The zero-order valence-corrected chi connectivity index (χ0v) is 18.0. The van der Waals surface area contributed by atoms with Gasteiger partial charge < -0.3 is 4.98 Å². The minimum Gasteiger partial charge on any atom is -0.320 e. The third-order valence-electron chi connectivity index (χ3n) is 6.27. The predicted molar refractivity (Wildman–Crippen MR) is 117 cm³/mol. The maximum atomic E-state index is 12.9. The van der Waals surface area contributed by atoms with Gasteiger partial charge in [-0.15, -0.1) is 0 Å². The molecule has 0 unspecified atom stereocenters. The molecule has 0 saturated heterocycles. The number of benzene rings is 1. The number of H-pyrrole nitrogens is 1. The summed E-state index contributed by atoms with van der Waals surface area (Å²) in [4.78, 5) is 59.4. The summed E-state index contributed by atoms with van der Waals surface area (Å²) in [5.41, 5.74) is 1.74. The van der Waals surface area contributed by atoms with E-state index in [9.17, 15) is 19.2 Å². The van der Waals surface area contributed by atoms with Gasteiger partial charge in [-0.05, 0) is 37.3 Å². The van der Waals surface area contributed by atoms with Crippen molar-refractivity contribution in [3.63, 3.8) is 0 Å². The van der Waals surface area contributed by atoms with Crippen LogP contribution in [-0.2, 0) is 16.0 Å². The number of nitrogens with one attached hydrogen (secondary N) is 2. The van der Waals surface area contributed by atoms with Gasteiger partial charge in [0.1, 0.15) is 23.0 Å². The molecule has 1 aromatic carbocycles. The number of carbonyl (C=O) groups is 4. The number of ketones is 3. The first-order chi connectivity index (χ1) is 15.3. The second kappa shape index (κ2) is 7.32. The van der Waals surface area contributed by atoms with Crippen molar-refractivity contribution in [3.8, 4) is 11.3 Å². The summed E-state index contributed by atoms with van der Waals surface area (Å²) in [6.07, 6.45) is 3.62. The van der Waals surface area contributed by atoms with E-state index in [-0.39, 0.29) is 58.9 Å². The summed E-state index contributed by atoms with van der Waals surface area (Å²) >= 11 is 0. The van der Waals surface area contributed by atoms with Crippen molar-refractivity contribution in [2.75, 3.05) is 4.90 Å². The van der Waals surface area contributed by atoms with Crippen LogP contribution in [0.4, 0.5) is 5.95 Å². The Balaban J connectivity index is 1.55. The fraction of sp³-hybridized carbons (Fsp3) is 0.417. The number of amides is 1. The monoisotopic (exact) mass is 432 g/mol. The van der Waals surface area contributed by atoms with Crippen molar-refractivity contribution < 1.29 is 19.2 Å². The maximum Gasteiger partial charge on any atom is 0.252 e. The molecule has 0 bridgehead atoms. The minimum absolute atomic E-state index is 0.0319. The highest BCUT2D eigenvalue weighted by molar-refractivity contribution is 6.52. The van der Waals surface area contributed by atoms with E-state index in [4.69, 9.17) is 5.41 Å².